The molecule has 1 unspecified atom stereocenters. The normalized spacial score (nSPS) is 18.9. The average Bonchev–Trinajstić information content (AvgIpc) is 2.86. The molecule has 4 rings (SSSR count). The number of hydrogen-bond acceptors (Lipinski definition) is 5. The van der Waals surface area contributed by atoms with E-state index < -0.39 is 0 Å². The van der Waals surface area contributed by atoms with Gasteiger partial charge in [0, 0.05) is 50.9 Å². The van der Waals surface area contributed by atoms with Crippen molar-refractivity contribution in [3.05, 3.63) is 48.7 Å². The van der Waals surface area contributed by atoms with Crippen LogP contribution in [0, 0.1) is 5.92 Å². The Morgan fingerprint density at radius 1 is 1.06 bits per heavy atom. The van der Waals surface area contributed by atoms with E-state index in [0.29, 0.717) is 0 Å². The van der Waals surface area contributed by atoms with Crippen LogP contribution in [0.25, 0.3) is 0 Å². The first-order valence-electron chi connectivity index (χ1n) is 12.0. The summed E-state index contributed by atoms with van der Waals surface area (Å²) in [5, 5.41) is 0. The molecule has 0 bridgehead atoms. The second-order valence-electron chi connectivity index (χ2n) is 9.04. The van der Waals surface area contributed by atoms with Crippen molar-refractivity contribution in [1.82, 2.24) is 9.88 Å². The zero-order valence-electron chi connectivity index (χ0n) is 19.4. The molecule has 0 spiro atoms. The van der Waals surface area contributed by atoms with E-state index in [-0.39, 0.29) is 17.9 Å². The third kappa shape index (κ3) is 5.23. The van der Waals surface area contributed by atoms with Crippen LogP contribution in [0.15, 0.2) is 48.7 Å². The SMILES string of the molecule is COc1ccccc1N1CCN(CC(C)N(c2ccccn2)[11C](=O)C2CCCCC2)CC1. The van der Waals surface area contributed by atoms with E-state index in [4.69, 9.17) is 4.74 Å². The van der Waals surface area contributed by atoms with E-state index in [2.05, 4.69) is 33.8 Å². The van der Waals surface area contributed by atoms with Gasteiger partial charge in [-0.3, -0.25) is 14.6 Å². The number of rotatable bonds is 7. The number of ether oxygens (including phenoxy) is 1. The van der Waals surface area contributed by atoms with Crippen LogP contribution < -0.4 is 14.5 Å². The number of pyridine rings is 1. The number of piperazine rings is 1. The van der Waals surface area contributed by atoms with E-state index >= 15 is 0 Å². The number of methoxy groups -OCH3 is 1. The van der Waals surface area contributed by atoms with Gasteiger partial charge in [-0.25, -0.2) is 4.98 Å². The first-order chi connectivity index (χ1) is 15.7. The molecule has 1 aliphatic carbocycles. The molecule has 2 aliphatic rings. The summed E-state index contributed by atoms with van der Waals surface area (Å²) in [7, 11) is 1.73. The highest BCUT2D eigenvalue weighted by Crippen LogP contribution is 2.30. The molecular formula is C26H36N4O2. The molecule has 1 saturated heterocycles. The molecular weight excluding hydrogens is 399 g/mol. The van der Waals surface area contributed by atoms with E-state index in [0.717, 1.165) is 75.7 Å². The lowest BCUT2D eigenvalue weighted by atomic mass is 9.69. The quantitative estimate of drug-likeness (QED) is 0.652. The van der Waals surface area contributed by atoms with Crippen LogP contribution in [-0.2, 0) is 4.79 Å². The van der Waals surface area contributed by atoms with Crippen molar-refractivity contribution >= 4 is 17.4 Å². The first kappa shape index (κ1) is 22.6. The number of para-hydroxylation sites is 2. The Morgan fingerprint density at radius 3 is 2.47 bits per heavy atom. The molecule has 1 aliphatic heterocycles. The molecule has 1 amide bonds. The minimum atomic E-state index is 0.0807. The Labute approximate surface area is 192 Å². The Hall–Kier alpha value is -2.60. The van der Waals surface area contributed by atoms with Gasteiger partial charge in [0.15, 0.2) is 0 Å². The summed E-state index contributed by atoms with van der Waals surface area (Å²) in [5.74, 6) is 2.09. The Morgan fingerprint density at radius 2 is 1.78 bits per heavy atom. The van der Waals surface area contributed by atoms with Crippen LogP contribution in [0.4, 0.5) is 11.5 Å². The van der Waals surface area contributed by atoms with Crippen LogP contribution in [0.2, 0.25) is 0 Å². The van der Waals surface area contributed by atoms with Gasteiger partial charge in [-0.2, -0.15) is 0 Å². The monoisotopic (exact) mass is 435 g/mol. The molecule has 6 nitrogen and oxygen atoms in total. The van der Waals surface area contributed by atoms with Crippen molar-refractivity contribution in [2.24, 2.45) is 5.92 Å². The molecule has 0 radical (unpaired) electrons. The number of carbonyl (C=O) groups is 1. The van der Waals surface area contributed by atoms with Crippen LogP contribution >= 0.6 is 0 Å². The number of hydrogen-bond donors (Lipinski definition) is 0. The highest BCUT2D eigenvalue weighted by Gasteiger charge is 2.32. The fourth-order valence-electron chi connectivity index (χ4n) is 5.12. The second kappa shape index (κ2) is 10.8. The maximum absolute atomic E-state index is 13.5. The summed E-state index contributed by atoms with van der Waals surface area (Å²) in [4.78, 5) is 24.9. The molecule has 1 atom stereocenters. The lowest BCUT2D eigenvalue weighted by Gasteiger charge is -2.40. The number of amides is 1. The number of carbonyl (C=O) groups excluding carboxylic acids is 1. The second-order valence-corrected chi connectivity index (χ2v) is 9.04. The Kier molecular flexibility index (Phi) is 7.63. The third-order valence-electron chi connectivity index (χ3n) is 6.85. The average molecular weight is 436 g/mol. The minimum absolute atomic E-state index is 0.0807. The maximum Gasteiger partial charge on any atom is 0.231 e. The Balaban J connectivity index is 1.41. The largest absolute Gasteiger partial charge is 0.495 e. The van der Waals surface area contributed by atoms with Gasteiger partial charge in [-0.1, -0.05) is 37.5 Å². The first-order valence-corrected chi connectivity index (χ1v) is 12.0. The summed E-state index contributed by atoms with van der Waals surface area (Å²) in [5.41, 5.74) is 1.16. The number of nitrogens with zero attached hydrogens (tertiary/aromatic N) is 4. The highest BCUT2D eigenvalue weighted by atomic mass is 16.5. The predicted molar refractivity (Wildman–Crippen MR) is 129 cm³/mol. The van der Waals surface area contributed by atoms with Gasteiger partial charge in [0.2, 0.25) is 5.91 Å². The predicted octanol–water partition coefficient (Wildman–Crippen LogP) is 4.21. The van der Waals surface area contributed by atoms with Crippen LogP contribution in [0.3, 0.4) is 0 Å². The molecule has 2 aromatic rings. The van der Waals surface area contributed by atoms with Crippen molar-refractivity contribution in [3.8, 4) is 5.75 Å². The van der Waals surface area contributed by atoms with Crippen molar-refractivity contribution in [3.63, 3.8) is 0 Å². The molecule has 32 heavy (non-hydrogen) atoms. The fourth-order valence-corrected chi connectivity index (χ4v) is 5.12. The number of anilines is 2. The Bertz CT molecular complexity index is 861. The van der Waals surface area contributed by atoms with E-state index in [1.165, 1.54) is 6.42 Å². The van der Waals surface area contributed by atoms with Gasteiger partial charge >= 0.3 is 0 Å². The summed E-state index contributed by atoms with van der Waals surface area (Å²) in [6.07, 6.45) is 7.37. The third-order valence-corrected chi connectivity index (χ3v) is 6.85. The van der Waals surface area contributed by atoms with Gasteiger partial charge < -0.3 is 9.64 Å². The van der Waals surface area contributed by atoms with Gasteiger partial charge in [-0.15, -0.1) is 0 Å². The van der Waals surface area contributed by atoms with Crippen LogP contribution in [0.5, 0.6) is 5.75 Å². The topological polar surface area (TPSA) is 48.9 Å². The van der Waals surface area contributed by atoms with E-state index in [1.54, 1.807) is 13.3 Å². The minimum Gasteiger partial charge on any atom is -0.495 e. The lowest BCUT2D eigenvalue weighted by Crippen LogP contribution is -2.53. The summed E-state index contributed by atoms with van der Waals surface area (Å²) < 4.78 is 5.55. The van der Waals surface area contributed by atoms with Crippen LogP contribution in [0.1, 0.15) is 39.0 Å². The summed E-state index contributed by atoms with van der Waals surface area (Å²) >= 11 is 0. The van der Waals surface area contributed by atoms with Gasteiger partial charge in [-0.05, 0) is 44.0 Å². The molecule has 172 valence electrons. The molecule has 2 heterocycles. The van der Waals surface area contributed by atoms with E-state index in [9.17, 15) is 4.79 Å². The molecule has 1 aromatic carbocycles. The van der Waals surface area contributed by atoms with Gasteiger partial charge in [0.1, 0.15) is 11.6 Å². The van der Waals surface area contributed by atoms with E-state index in [1.807, 2.05) is 35.2 Å². The fraction of sp³-hybridized carbons (Fsp3) is 0.538. The molecule has 1 aromatic heterocycles. The standard InChI is InChI=1S/C26H36N4O2/c1-21(20-28-16-18-29(19-17-28)23-12-6-7-13-24(23)32-2)30(25-14-8-9-15-27-25)26(31)22-10-4-3-5-11-22/h6-9,12-15,21-22H,3-5,10-11,16-20H2,1-2H3/i26-1. The van der Waals surface area contributed by atoms with Crippen molar-refractivity contribution in [2.75, 3.05) is 49.6 Å². The molecule has 1 saturated carbocycles. The lowest BCUT2D eigenvalue weighted by molar-refractivity contribution is -0.123. The number of aromatic nitrogens is 1. The molecule has 0 N–H and O–H groups in total. The zero-order chi connectivity index (χ0) is 22.3. The van der Waals surface area contributed by atoms with Crippen molar-refractivity contribution in [2.45, 2.75) is 45.1 Å². The zero-order valence-corrected chi connectivity index (χ0v) is 19.4. The number of benzene rings is 1. The summed E-state index contributed by atoms with van der Waals surface area (Å²) in [6.45, 7) is 6.86. The van der Waals surface area contributed by atoms with Crippen LogP contribution in [-0.4, -0.2) is 61.7 Å². The van der Waals surface area contributed by atoms with Gasteiger partial charge in [0.05, 0.1) is 12.8 Å². The molecule has 6 heteroatoms. The highest BCUT2D eigenvalue weighted by molar-refractivity contribution is 5.94. The smallest absolute Gasteiger partial charge is 0.231 e. The van der Waals surface area contributed by atoms with Crippen molar-refractivity contribution in [1.29, 1.82) is 0 Å². The molecule has 2 fully saturated rings. The van der Waals surface area contributed by atoms with Crippen molar-refractivity contribution < 1.29 is 9.53 Å². The summed E-state index contributed by atoms with van der Waals surface area (Å²) in [6, 6.07) is 14.2. The maximum atomic E-state index is 13.5. The van der Waals surface area contributed by atoms with Gasteiger partial charge in [0.25, 0.3) is 0 Å².